The summed E-state index contributed by atoms with van der Waals surface area (Å²) >= 11 is 0. The first-order chi connectivity index (χ1) is 9.74. The van der Waals surface area contributed by atoms with Crippen molar-refractivity contribution in [3.05, 3.63) is 35.2 Å². The Kier molecular flexibility index (Phi) is 3.51. The van der Waals surface area contributed by atoms with Crippen LogP contribution in [0.25, 0.3) is 11.1 Å². The first-order valence-electron chi connectivity index (χ1n) is 7.66. The van der Waals surface area contributed by atoms with E-state index in [4.69, 9.17) is 0 Å². The Morgan fingerprint density at radius 1 is 1.25 bits per heavy atom. The Labute approximate surface area is 121 Å². The Balaban J connectivity index is 2.13. The molecule has 1 aliphatic rings. The molecule has 1 aromatic heterocycles. The molecule has 0 spiro atoms. The van der Waals surface area contributed by atoms with Crippen molar-refractivity contribution in [2.75, 3.05) is 11.9 Å². The quantitative estimate of drug-likeness (QED) is 0.923. The van der Waals surface area contributed by atoms with Gasteiger partial charge in [-0.25, -0.2) is 0 Å². The van der Waals surface area contributed by atoms with Gasteiger partial charge in [0.2, 0.25) is 0 Å². The molecule has 0 atom stereocenters. The van der Waals surface area contributed by atoms with Gasteiger partial charge in [-0.3, -0.25) is 4.68 Å². The molecule has 3 nitrogen and oxygen atoms in total. The molecule has 3 rings (SSSR count). The molecule has 3 heteroatoms. The van der Waals surface area contributed by atoms with E-state index >= 15 is 0 Å². The average Bonchev–Trinajstić information content (AvgIpc) is 2.82. The summed E-state index contributed by atoms with van der Waals surface area (Å²) < 4.78 is 2.05. The lowest BCUT2D eigenvalue weighted by molar-refractivity contribution is 0.705. The average molecular weight is 269 g/mol. The van der Waals surface area contributed by atoms with Gasteiger partial charge in [0, 0.05) is 30.5 Å². The number of hydrogen-bond acceptors (Lipinski definition) is 2. The van der Waals surface area contributed by atoms with E-state index in [1.807, 2.05) is 4.68 Å². The highest BCUT2D eigenvalue weighted by Gasteiger charge is 2.17. The van der Waals surface area contributed by atoms with Crippen molar-refractivity contribution in [3.63, 3.8) is 0 Å². The maximum Gasteiger partial charge on any atom is 0.0703 e. The number of nitrogens with one attached hydrogen (secondary N) is 1. The molecule has 0 unspecified atom stereocenters. The van der Waals surface area contributed by atoms with E-state index < -0.39 is 0 Å². The monoisotopic (exact) mass is 269 g/mol. The van der Waals surface area contributed by atoms with Gasteiger partial charge >= 0.3 is 0 Å². The first kappa shape index (κ1) is 13.2. The predicted molar refractivity (Wildman–Crippen MR) is 84.2 cm³/mol. The maximum atomic E-state index is 4.69. The lowest BCUT2D eigenvalue weighted by Gasteiger charge is -2.19. The second kappa shape index (κ2) is 5.31. The second-order valence-corrected chi connectivity index (χ2v) is 5.50. The topological polar surface area (TPSA) is 29.9 Å². The number of anilines is 1. The predicted octanol–water partition coefficient (Wildman–Crippen LogP) is 3.57. The molecule has 0 radical (unpaired) electrons. The van der Waals surface area contributed by atoms with Crippen LogP contribution in [0, 0.1) is 0 Å². The summed E-state index contributed by atoms with van der Waals surface area (Å²) in [5, 5.41) is 8.17. The zero-order valence-electron chi connectivity index (χ0n) is 12.7. The SMILES string of the molecule is CCc1nn(C)c(CC)c1-c1ccc2c(c1)CCCN2. The first-order valence-corrected chi connectivity index (χ1v) is 7.66. The molecule has 2 heterocycles. The van der Waals surface area contributed by atoms with Gasteiger partial charge in [-0.1, -0.05) is 19.9 Å². The van der Waals surface area contributed by atoms with E-state index in [1.54, 1.807) is 0 Å². The van der Waals surface area contributed by atoms with E-state index in [2.05, 4.69) is 49.5 Å². The normalized spacial score (nSPS) is 13.9. The van der Waals surface area contributed by atoms with Gasteiger partial charge in [-0.15, -0.1) is 0 Å². The molecule has 0 bridgehead atoms. The fourth-order valence-electron chi connectivity index (χ4n) is 3.24. The Morgan fingerprint density at radius 2 is 2.10 bits per heavy atom. The fourth-order valence-corrected chi connectivity index (χ4v) is 3.24. The molecule has 0 amide bonds. The molecule has 1 aliphatic heterocycles. The van der Waals surface area contributed by atoms with Crippen LogP contribution in [0.4, 0.5) is 5.69 Å². The number of hydrogen-bond donors (Lipinski definition) is 1. The molecule has 0 aliphatic carbocycles. The van der Waals surface area contributed by atoms with Crippen LogP contribution in [0.2, 0.25) is 0 Å². The van der Waals surface area contributed by atoms with Gasteiger partial charge in [-0.05, 0) is 48.9 Å². The van der Waals surface area contributed by atoms with Crippen LogP contribution >= 0.6 is 0 Å². The highest BCUT2D eigenvalue weighted by molar-refractivity contribution is 5.73. The highest BCUT2D eigenvalue weighted by Crippen LogP contribution is 2.32. The summed E-state index contributed by atoms with van der Waals surface area (Å²) in [6, 6.07) is 6.83. The summed E-state index contributed by atoms with van der Waals surface area (Å²) in [6.45, 7) is 5.49. The zero-order chi connectivity index (χ0) is 14.1. The van der Waals surface area contributed by atoms with Crippen LogP contribution in [0.5, 0.6) is 0 Å². The minimum Gasteiger partial charge on any atom is -0.385 e. The van der Waals surface area contributed by atoms with Crippen LogP contribution < -0.4 is 5.32 Å². The second-order valence-electron chi connectivity index (χ2n) is 5.50. The van der Waals surface area contributed by atoms with Crippen molar-refractivity contribution in [3.8, 4) is 11.1 Å². The number of aryl methyl sites for hydroxylation is 3. The minimum absolute atomic E-state index is 0.985. The van der Waals surface area contributed by atoms with Gasteiger partial charge in [0.15, 0.2) is 0 Å². The summed E-state index contributed by atoms with van der Waals surface area (Å²) in [5.41, 5.74) is 7.99. The summed E-state index contributed by atoms with van der Waals surface area (Å²) in [5.74, 6) is 0. The Morgan fingerprint density at radius 3 is 2.85 bits per heavy atom. The summed E-state index contributed by atoms with van der Waals surface area (Å²) in [7, 11) is 2.06. The molecular formula is C17H23N3. The Hall–Kier alpha value is -1.77. The van der Waals surface area contributed by atoms with E-state index in [0.29, 0.717) is 0 Å². The molecule has 106 valence electrons. The standard InChI is InChI=1S/C17H23N3/c1-4-14-17(16(5-2)20(3)19-14)13-8-9-15-12(11-13)7-6-10-18-15/h8-9,11,18H,4-7,10H2,1-3H3. The third-order valence-electron chi connectivity index (χ3n) is 4.24. The van der Waals surface area contributed by atoms with E-state index in [9.17, 15) is 0 Å². The van der Waals surface area contributed by atoms with Gasteiger partial charge in [0.25, 0.3) is 0 Å². The number of benzene rings is 1. The van der Waals surface area contributed by atoms with Crippen molar-refractivity contribution >= 4 is 5.69 Å². The fraction of sp³-hybridized carbons (Fsp3) is 0.471. The van der Waals surface area contributed by atoms with Crippen LogP contribution in [-0.4, -0.2) is 16.3 Å². The third-order valence-corrected chi connectivity index (χ3v) is 4.24. The van der Waals surface area contributed by atoms with Crippen LogP contribution in [0.3, 0.4) is 0 Å². The molecule has 2 aromatic rings. The van der Waals surface area contributed by atoms with Crippen molar-refractivity contribution in [2.24, 2.45) is 7.05 Å². The van der Waals surface area contributed by atoms with Crippen molar-refractivity contribution in [1.29, 1.82) is 0 Å². The highest BCUT2D eigenvalue weighted by atomic mass is 15.3. The number of rotatable bonds is 3. The van der Waals surface area contributed by atoms with E-state index in [1.165, 1.54) is 46.6 Å². The van der Waals surface area contributed by atoms with E-state index in [0.717, 1.165) is 19.4 Å². The number of aromatic nitrogens is 2. The molecule has 0 saturated heterocycles. The number of fused-ring (bicyclic) bond motifs is 1. The number of nitrogens with zero attached hydrogens (tertiary/aromatic N) is 2. The zero-order valence-corrected chi connectivity index (χ0v) is 12.7. The lowest BCUT2D eigenvalue weighted by Crippen LogP contribution is -2.11. The van der Waals surface area contributed by atoms with E-state index in [-0.39, 0.29) is 0 Å². The van der Waals surface area contributed by atoms with Crippen molar-refractivity contribution in [1.82, 2.24) is 9.78 Å². The smallest absolute Gasteiger partial charge is 0.0703 e. The summed E-state index contributed by atoms with van der Waals surface area (Å²) in [6.07, 6.45) is 4.41. The molecule has 0 fully saturated rings. The molecule has 1 aromatic carbocycles. The largest absolute Gasteiger partial charge is 0.385 e. The van der Waals surface area contributed by atoms with Gasteiger partial charge < -0.3 is 5.32 Å². The molecule has 20 heavy (non-hydrogen) atoms. The van der Waals surface area contributed by atoms with Gasteiger partial charge in [0.05, 0.1) is 5.69 Å². The molecular weight excluding hydrogens is 246 g/mol. The summed E-state index contributed by atoms with van der Waals surface area (Å²) in [4.78, 5) is 0. The molecule has 0 saturated carbocycles. The lowest BCUT2D eigenvalue weighted by atomic mass is 9.95. The molecule has 1 N–H and O–H groups in total. The van der Waals surface area contributed by atoms with Gasteiger partial charge in [0.1, 0.15) is 0 Å². The minimum atomic E-state index is 0.985. The maximum absolute atomic E-state index is 4.69. The van der Waals surface area contributed by atoms with Crippen LogP contribution in [0.15, 0.2) is 18.2 Å². The third kappa shape index (κ3) is 2.11. The van der Waals surface area contributed by atoms with Crippen LogP contribution in [-0.2, 0) is 26.3 Å². The Bertz CT molecular complexity index is 625. The van der Waals surface area contributed by atoms with Gasteiger partial charge in [-0.2, -0.15) is 5.10 Å². The van der Waals surface area contributed by atoms with Crippen molar-refractivity contribution in [2.45, 2.75) is 39.5 Å². The van der Waals surface area contributed by atoms with Crippen molar-refractivity contribution < 1.29 is 0 Å². The van der Waals surface area contributed by atoms with Crippen LogP contribution in [0.1, 0.15) is 37.2 Å².